The van der Waals surface area contributed by atoms with Crippen molar-refractivity contribution in [3.05, 3.63) is 29.3 Å². The Bertz CT molecular complexity index is 376. The Kier molecular flexibility index (Phi) is 2.41. The van der Waals surface area contributed by atoms with Crippen LogP contribution in [0.1, 0.15) is 30.4 Å². The van der Waals surface area contributed by atoms with Crippen LogP contribution in [0.5, 0.6) is 0 Å². The highest BCUT2D eigenvalue weighted by Gasteiger charge is 2.21. The summed E-state index contributed by atoms with van der Waals surface area (Å²) in [5.74, 6) is 0.390. The predicted molar refractivity (Wildman–Crippen MR) is 57.3 cm³/mol. The molecule has 0 aromatic heterocycles. The van der Waals surface area contributed by atoms with Gasteiger partial charge in [0.05, 0.1) is 6.07 Å². The third-order valence-electron chi connectivity index (χ3n) is 2.84. The molecular weight excluding hydrogens is 172 g/mol. The van der Waals surface area contributed by atoms with Crippen molar-refractivity contribution in [3.63, 3.8) is 0 Å². The van der Waals surface area contributed by atoms with Gasteiger partial charge in [-0.15, -0.1) is 0 Å². The molecule has 72 valence electrons. The number of hydrogen-bond donors (Lipinski definition) is 1. The number of hydrogen-bond acceptors (Lipinski definition) is 2. The highest BCUT2D eigenvalue weighted by molar-refractivity contribution is 5.59. The van der Waals surface area contributed by atoms with Crippen LogP contribution in [0.2, 0.25) is 0 Å². The van der Waals surface area contributed by atoms with Gasteiger partial charge in [-0.25, -0.2) is 0 Å². The maximum Gasteiger partial charge on any atom is 0.0628 e. The number of benzene rings is 1. The average molecular weight is 186 g/mol. The topological polar surface area (TPSA) is 35.8 Å². The highest BCUT2D eigenvalue weighted by Crippen LogP contribution is 2.33. The molecule has 0 spiro atoms. The summed E-state index contributed by atoms with van der Waals surface area (Å²) in [6.45, 7) is 3.07. The van der Waals surface area contributed by atoms with Crippen LogP contribution in [0, 0.1) is 11.3 Å². The lowest BCUT2D eigenvalue weighted by Gasteiger charge is -2.06. The van der Waals surface area contributed by atoms with Gasteiger partial charge in [0.2, 0.25) is 0 Å². The van der Waals surface area contributed by atoms with Crippen LogP contribution in [0.3, 0.4) is 0 Å². The Morgan fingerprint density at radius 1 is 1.57 bits per heavy atom. The normalized spacial score (nSPS) is 18.4. The summed E-state index contributed by atoms with van der Waals surface area (Å²) in [5, 5.41) is 12.0. The lowest BCUT2D eigenvalue weighted by Crippen LogP contribution is -2.00. The fourth-order valence-corrected chi connectivity index (χ4v) is 1.97. The molecule has 0 fully saturated rings. The molecule has 0 aliphatic carbocycles. The van der Waals surface area contributed by atoms with Crippen LogP contribution in [0.15, 0.2) is 18.2 Å². The fraction of sp³-hybridized carbons (Fsp3) is 0.417. The Morgan fingerprint density at radius 2 is 2.43 bits per heavy atom. The fourth-order valence-electron chi connectivity index (χ4n) is 1.97. The molecule has 1 aromatic rings. The molecule has 0 saturated carbocycles. The van der Waals surface area contributed by atoms with E-state index in [2.05, 4.69) is 36.5 Å². The Hall–Kier alpha value is -1.49. The van der Waals surface area contributed by atoms with Crippen molar-refractivity contribution in [2.45, 2.75) is 25.7 Å². The van der Waals surface area contributed by atoms with Gasteiger partial charge in [-0.2, -0.15) is 5.26 Å². The Balaban J connectivity index is 2.33. The predicted octanol–water partition coefficient (Wildman–Crippen LogP) is 2.67. The molecule has 0 radical (unpaired) electrons. The summed E-state index contributed by atoms with van der Waals surface area (Å²) >= 11 is 0. The summed E-state index contributed by atoms with van der Waals surface area (Å²) in [6.07, 6.45) is 1.68. The summed E-state index contributed by atoms with van der Waals surface area (Å²) in [5.41, 5.74) is 3.89. The summed E-state index contributed by atoms with van der Waals surface area (Å²) in [4.78, 5) is 0. The molecule has 0 amide bonds. The van der Waals surface area contributed by atoms with Crippen molar-refractivity contribution in [2.24, 2.45) is 0 Å². The molecule has 1 aliphatic heterocycles. The molecule has 2 nitrogen and oxygen atoms in total. The number of nitriles is 1. The average Bonchev–Trinajstić information content (AvgIpc) is 2.61. The van der Waals surface area contributed by atoms with Gasteiger partial charge in [-0.05, 0) is 23.6 Å². The molecule has 0 saturated heterocycles. The molecule has 1 aliphatic rings. The molecule has 1 atom stereocenters. The van der Waals surface area contributed by atoms with Crippen LogP contribution in [-0.2, 0) is 6.42 Å². The SMILES string of the molecule is CCc1ccc2c(c1)C(CC#N)CN2. The van der Waals surface area contributed by atoms with Crippen molar-refractivity contribution in [1.82, 2.24) is 0 Å². The van der Waals surface area contributed by atoms with E-state index >= 15 is 0 Å². The lowest BCUT2D eigenvalue weighted by molar-refractivity contribution is 0.779. The number of fused-ring (bicyclic) bond motifs is 1. The first-order valence-electron chi connectivity index (χ1n) is 5.08. The molecule has 2 heteroatoms. The standard InChI is InChI=1S/C12H14N2/c1-2-9-3-4-12-11(7-9)10(5-6-13)8-14-12/h3-4,7,10,14H,2,5,8H2,1H3. The van der Waals surface area contributed by atoms with E-state index in [1.54, 1.807) is 0 Å². The van der Waals surface area contributed by atoms with E-state index in [9.17, 15) is 0 Å². The van der Waals surface area contributed by atoms with E-state index in [0.29, 0.717) is 12.3 Å². The van der Waals surface area contributed by atoms with Crippen molar-refractivity contribution in [1.29, 1.82) is 5.26 Å². The first-order valence-corrected chi connectivity index (χ1v) is 5.08. The lowest BCUT2D eigenvalue weighted by atomic mass is 9.96. The monoisotopic (exact) mass is 186 g/mol. The minimum absolute atomic E-state index is 0.390. The van der Waals surface area contributed by atoms with Gasteiger partial charge in [-0.1, -0.05) is 19.1 Å². The molecule has 1 N–H and O–H groups in total. The van der Waals surface area contributed by atoms with Crippen molar-refractivity contribution < 1.29 is 0 Å². The van der Waals surface area contributed by atoms with E-state index in [1.807, 2.05) is 0 Å². The van der Waals surface area contributed by atoms with Crippen LogP contribution >= 0.6 is 0 Å². The Morgan fingerprint density at radius 3 is 3.14 bits per heavy atom. The number of nitrogens with one attached hydrogen (secondary N) is 1. The second-order valence-corrected chi connectivity index (χ2v) is 3.72. The van der Waals surface area contributed by atoms with Gasteiger partial charge in [0, 0.05) is 24.6 Å². The minimum atomic E-state index is 0.390. The zero-order valence-corrected chi connectivity index (χ0v) is 8.38. The largest absolute Gasteiger partial charge is 0.384 e. The molecule has 14 heavy (non-hydrogen) atoms. The zero-order valence-electron chi connectivity index (χ0n) is 8.38. The van der Waals surface area contributed by atoms with Crippen molar-refractivity contribution in [2.75, 3.05) is 11.9 Å². The maximum atomic E-state index is 8.70. The minimum Gasteiger partial charge on any atom is -0.384 e. The van der Waals surface area contributed by atoms with Gasteiger partial charge < -0.3 is 5.32 Å². The molecular formula is C12H14N2. The van der Waals surface area contributed by atoms with Gasteiger partial charge in [0.1, 0.15) is 0 Å². The Labute approximate surface area is 84.6 Å². The van der Waals surface area contributed by atoms with E-state index in [1.165, 1.54) is 16.8 Å². The van der Waals surface area contributed by atoms with E-state index in [0.717, 1.165) is 13.0 Å². The number of nitrogens with zero attached hydrogens (tertiary/aromatic N) is 1. The van der Waals surface area contributed by atoms with E-state index < -0.39 is 0 Å². The smallest absolute Gasteiger partial charge is 0.0628 e. The third kappa shape index (κ3) is 1.46. The van der Waals surface area contributed by atoms with E-state index in [4.69, 9.17) is 5.26 Å². The number of aryl methyl sites for hydroxylation is 1. The first-order chi connectivity index (χ1) is 6.85. The first kappa shape index (κ1) is 9.08. The molecule has 1 unspecified atom stereocenters. The summed E-state index contributed by atoms with van der Waals surface area (Å²) in [6, 6.07) is 8.77. The second-order valence-electron chi connectivity index (χ2n) is 3.72. The van der Waals surface area contributed by atoms with E-state index in [-0.39, 0.29) is 0 Å². The van der Waals surface area contributed by atoms with Gasteiger partial charge in [0.25, 0.3) is 0 Å². The molecule has 1 heterocycles. The number of rotatable bonds is 2. The number of anilines is 1. The van der Waals surface area contributed by atoms with Crippen molar-refractivity contribution >= 4 is 5.69 Å². The maximum absolute atomic E-state index is 8.70. The van der Waals surface area contributed by atoms with Gasteiger partial charge in [-0.3, -0.25) is 0 Å². The zero-order chi connectivity index (χ0) is 9.97. The van der Waals surface area contributed by atoms with Gasteiger partial charge >= 0.3 is 0 Å². The second kappa shape index (κ2) is 3.71. The quantitative estimate of drug-likeness (QED) is 0.770. The molecule has 0 bridgehead atoms. The van der Waals surface area contributed by atoms with Gasteiger partial charge in [0.15, 0.2) is 0 Å². The van der Waals surface area contributed by atoms with Crippen molar-refractivity contribution in [3.8, 4) is 6.07 Å². The highest BCUT2D eigenvalue weighted by atomic mass is 14.9. The third-order valence-corrected chi connectivity index (χ3v) is 2.84. The van der Waals surface area contributed by atoms with Crippen LogP contribution in [0.4, 0.5) is 5.69 Å². The molecule has 1 aromatic carbocycles. The van der Waals surface area contributed by atoms with Crippen LogP contribution in [-0.4, -0.2) is 6.54 Å². The van der Waals surface area contributed by atoms with Crippen LogP contribution in [0.25, 0.3) is 0 Å². The van der Waals surface area contributed by atoms with Crippen LogP contribution < -0.4 is 5.32 Å². The summed E-state index contributed by atoms with van der Waals surface area (Å²) in [7, 11) is 0. The molecule has 2 rings (SSSR count). The summed E-state index contributed by atoms with van der Waals surface area (Å²) < 4.78 is 0.